The van der Waals surface area contributed by atoms with Crippen LogP contribution in [0.5, 0.6) is 5.75 Å². The van der Waals surface area contributed by atoms with Crippen molar-refractivity contribution in [3.8, 4) is 17.6 Å². The summed E-state index contributed by atoms with van der Waals surface area (Å²) in [6, 6.07) is 16.9. The molecule has 1 unspecified atom stereocenters. The van der Waals surface area contributed by atoms with Crippen molar-refractivity contribution in [1.82, 2.24) is 15.8 Å². The molecule has 0 aliphatic rings. The number of amides is 2. The molecule has 176 valence electrons. The number of nitrogens with one attached hydrogen (secondary N) is 2. The maximum Gasteiger partial charge on any atom is 0.256 e. The average Bonchev–Trinajstić information content (AvgIpc) is 2.88. The summed E-state index contributed by atoms with van der Waals surface area (Å²) in [5.74, 6) is 5.68. The Kier molecular flexibility index (Phi) is 9.77. The molecule has 0 aliphatic heterocycles. The van der Waals surface area contributed by atoms with Gasteiger partial charge in [-0.3, -0.25) is 19.8 Å². The molecule has 0 radical (unpaired) electrons. The van der Waals surface area contributed by atoms with E-state index >= 15 is 0 Å². The fraction of sp³-hybridized carbons (Fsp3) is 0.269. The maximum atomic E-state index is 12.4. The van der Waals surface area contributed by atoms with E-state index in [9.17, 15) is 9.59 Å². The third kappa shape index (κ3) is 7.51. The first-order chi connectivity index (χ1) is 16.6. The van der Waals surface area contributed by atoms with Crippen molar-refractivity contribution >= 4 is 34.5 Å². The minimum absolute atomic E-state index is 0.176. The van der Waals surface area contributed by atoms with Crippen LogP contribution in [0.1, 0.15) is 36.5 Å². The highest BCUT2D eigenvalue weighted by Crippen LogP contribution is 2.28. The van der Waals surface area contributed by atoms with E-state index in [2.05, 4.69) is 22.1 Å². The molecule has 0 saturated carbocycles. The fourth-order valence-electron chi connectivity index (χ4n) is 3.24. The number of nitrogens with zero attached hydrogens (tertiary/aromatic N) is 1. The van der Waals surface area contributed by atoms with Crippen molar-refractivity contribution < 1.29 is 19.5 Å². The Balaban J connectivity index is 1.45. The molecule has 0 fully saturated rings. The molecular formula is C26H27N3O4S. The number of fused-ring (bicyclic) bond motifs is 1. The largest absolute Gasteiger partial charge is 0.481 e. The Bertz CT molecular complexity index is 1170. The van der Waals surface area contributed by atoms with Gasteiger partial charge in [0.1, 0.15) is 12.4 Å². The zero-order valence-corrected chi connectivity index (χ0v) is 19.7. The molecule has 34 heavy (non-hydrogen) atoms. The minimum atomic E-state index is -0.455. The van der Waals surface area contributed by atoms with E-state index in [-0.39, 0.29) is 5.91 Å². The number of hydroxylamine groups is 1. The number of pyridine rings is 1. The zero-order valence-electron chi connectivity index (χ0n) is 18.9. The predicted molar refractivity (Wildman–Crippen MR) is 133 cm³/mol. The maximum absolute atomic E-state index is 12.4. The summed E-state index contributed by atoms with van der Waals surface area (Å²) < 4.78 is 5.50. The van der Waals surface area contributed by atoms with E-state index in [0.717, 1.165) is 15.8 Å². The molecule has 0 aliphatic carbocycles. The Labute approximate surface area is 203 Å². The lowest BCUT2D eigenvalue weighted by Crippen LogP contribution is -2.30. The molecule has 1 atom stereocenters. The summed E-state index contributed by atoms with van der Waals surface area (Å²) in [6.07, 6.45) is 3.53. The van der Waals surface area contributed by atoms with Gasteiger partial charge in [-0.25, -0.2) is 5.48 Å². The second-order valence-electron chi connectivity index (χ2n) is 7.44. The predicted octanol–water partition coefficient (Wildman–Crippen LogP) is 4.20. The zero-order chi connectivity index (χ0) is 24.2. The van der Waals surface area contributed by atoms with Gasteiger partial charge in [-0.05, 0) is 56.2 Å². The molecular weight excluding hydrogens is 450 g/mol. The van der Waals surface area contributed by atoms with Gasteiger partial charge >= 0.3 is 0 Å². The Morgan fingerprint density at radius 1 is 1.15 bits per heavy atom. The van der Waals surface area contributed by atoms with Gasteiger partial charge < -0.3 is 10.1 Å². The van der Waals surface area contributed by atoms with E-state index < -0.39 is 11.2 Å². The van der Waals surface area contributed by atoms with Crippen LogP contribution in [0.15, 0.2) is 65.7 Å². The standard InChI is InChI=1S/C26H27N3O4S/c1-2-3-16-33-21-11-13-22(14-12-21)34-24(26(31)29-32)10-6-7-15-27-25(30)20-17-19-8-4-5-9-23(19)28-18-20/h4-5,8-9,11-14,17-18,24,32H,6-7,10,15-16H2,1H3,(H,27,30)(H,29,31). The number of hydrogen-bond acceptors (Lipinski definition) is 6. The molecule has 2 amide bonds. The van der Waals surface area contributed by atoms with Gasteiger partial charge in [-0.15, -0.1) is 17.7 Å². The number of aromatic nitrogens is 1. The Hall–Kier alpha value is -3.54. The number of hydrogen-bond donors (Lipinski definition) is 3. The normalized spacial score (nSPS) is 11.2. The van der Waals surface area contributed by atoms with Crippen LogP contribution in [0.2, 0.25) is 0 Å². The lowest BCUT2D eigenvalue weighted by Gasteiger charge is -2.15. The summed E-state index contributed by atoms with van der Waals surface area (Å²) in [7, 11) is 0. The molecule has 3 N–H and O–H groups in total. The average molecular weight is 478 g/mol. The van der Waals surface area contributed by atoms with Crippen LogP contribution in [0, 0.1) is 11.8 Å². The van der Waals surface area contributed by atoms with Gasteiger partial charge in [0, 0.05) is 23.0 Å². The van der Waals surface area contributed by atoms with Gasteiger partial charge in [0.05, 0.1) is 16.3 Å². The minimum Gasteiger partial charge on any atom is -0.481 e. The van der Waals surface area contributed by atoms with Crippen molar-refractivity contribution in [3.63, 3.8) is 0 Å². The third-order valence-corrected chi connectivity index (χ3v) is 6.30. The lowest BCUT2D eigenvalue weighted by atomic mass is 10.1. The number of carbonyl (C=O) groups excluding carboxylic acids is 2. The molecule has 1 aromatic heterocycles. The summed E-state index contributed by atoms with van der Waals surface area (Å²) >= 11 is 1.37. The first-order valence-electron chi connectivity index (χ1n) is 11.0. The van der Waals surface area contributed by atoms with Crippen molar-refractivity contribution in [1.29, 1.82) is 0 Å². The number of ether oxygens (including phenoxy) is 1. The molecule has 3 aromatic rings. The van der Waals surface area contributed by atoms with Crippen LogP contribution < -0.4 is 15.5 Å². The van der Waals surface area contributed by atoms with Crippen molar-refractivity contribution in [2.75, 3.05) is 13.2 Å². The topological polar surface area (TPSA) is 101 Å². The van der Waals surface area contributed by atoms with Gasteiger partial charge in [0.25, 0.3) is 11.8 Å². The lowest BCUT2D eigenvalue weighted by molar-refractivity contribution is -0.128. The quantitative estimate of drug-likeness (QED) is 0.126. The SMILES string of the molecule is CC#CCOc1ccc(SC(CCCCNC(=O)c2cnc3ccccc3c2)C(=O)NO)cc1. The monoisotopic (exact) mass is 477 g/mol. The second-order valence-corrected chi connectivity index (χ2v) is 8.71. The first-order valence-corrected chi connectivity index (χ1v) is 11.8. The Morgan fingerprint density at radius 2 is 1.94 bits per heavy atom. The fourth-order valence-corrected chi connectivity index (χ4v) is 4.31. The molecule has 7 nitrogen and oxygen atoms in total. The van der Waals surface area contributed by atoms with Crippen LogP contribution >= 0.6 is 11.8 Å². The van der Waals surface area contributed by atoms with Crippen LogP contribution in [0.4, 0.5) is 0 Å². The first kappa shape index (κ1) is 25.1. The number of benzene rings is 2. The van der Waals surface area contributed by atoms with Crippen LogP contribution in [-0.4, -0.2) is 40.4 Å². The smallest absolute Gasteiger partial charge is 0.256 e. The summed E-state index contributed by atoms with van der Waals surface area (Å²) in [4.78, 5) is 29.8. The number of thioether (sulfide) groups is 1. The van der Waals surface area contributed by atoms with Gasteiger partial charge in [-0.1, -0.05) is 30.5 Å². The van der Waals surface area contributed by atoms with Crippen molar-refractivity contribution in [2.45, 2.75) is 36.3 Å². The molecule has 1 heterocycles. The summed E-state index contributed by atoms with van der Waals surface area (Å²) in [6.45, 7) is 2.56. The van der Waals surface area contributed by atoms with Crippen LogP contribution in [0.25, 0.3) is 10.9 Å². The number of rotatable bonds is 11. The van der Waals surface area contributed by atoms with E-state index in [1.807, 2.05) is 54.6 Å². The number of unbranched alkanes of at least 4 members (excludes halogenated alkanes) is 1. The number of para-hydroxylation sites is 1. The molecule has 8 heteroatoms. The van der Waals surface area contributed by atoms with Crippen LogP contribution in [-0.2, 0) is 4.79 Å². The highest BCUT2D eigenvalue weighted by Gasteiger charge is 2.19. The Morgan fingerprint density at radius 3 is 2.71 bits per heavy atom. The highest BCUT2D eigenvalue weighted by atomic mass is 32.2. The molecule has 2 aromatic carbocycles. The summed E-state index contributed by atoms with van der Waals surface area (Å²) in [5.41, 5.74) is 3.11. The second kappa shape index (κ2) is 13.2. The van der Waals surface area contributed by atoms with Crippen molar-refractivity contribution in [3.05, 3.63) is 66.4 Å². The van der Waals surface area contributed by atoms with E-state index in [0.29, 0.717) is 43.7 Å². The summed E-state index contributed by atoms with van der Waals surface area (Å²) in [5, 5.41) is 12.5. The van der Waals surface area contributed by atoms with E-state index in [1.165, 1.54) is 11.8 Å². The van der Waals surface area contributed by atoms with Gasteiger partial charge in [0.2, 0.25) is 0 Å². The number of carbonyl (C=O) groups is 2. The van der Waals surface area contributed by atoms with E-state index in [1.54, 1.807) is 18.6 Å². The molecule has 0 saturated heterocycles. The van der Waals surface area contributed by atoms with E-state index in [4.69, 9.17) is 9.94 Å². The third-order valence-electron chi connectivity index (χ3n) is 5.02. The van der Waals surface area contributed by atoms with Crippen LogP contribution in [0.3, 0.4) is 0 Å². The molecule has 3 rings (SSSR count). The van der Waals surface area contributed by atoms with Gasteiger partial charge in [0.15, 0.2) is 0 Å². The molecule has 0 bridgehead atoms. The van der Waals surface area contributed by atoms with Gasteiger partial charge in [-0.2, -0.15) is 0 Å². The highest BCUT2D eigenvalue weighted by molar-refractivity contribution is 8.00. The molecule has 0 spiro atoms. The van der Waals surface area contributed by atoms with Crippen molar-refractivity contribution in [2.24, 2.45) is 0 Å².